The molecule has 2 aromatic heterocycles. The number of rotatable bonds is 6. The predicted molar refractivity (Wildman–Crippen MR) is 150 cm³/mol. The number of amides is 1. The maximum atomic E-state index is 13.0. The van der Waals surface area contributed by atoms with E-state index in [1.165, 1.54) is 28.0 Å². The molecule has 4 aromatic rings. The normalized spacial score (nSPS) is 12.3. The topological polar surface area (TPSA) is 89.6 Å². The summed E-state index contributed by atoms with van der Waals surface area (Å²) in [7, 11) is 0. The van der Waals surface area contributed by atoms with E-state index in [4.69, 9.17) is 16.6 Å². The third-order valence-electron chi connectivity index (χ3n) is 6.20. The molecule has 182 valence electrons. The van der Waals surface area contributed by atoms with E-state index in [-0.39, 0.29) is 11.7 Å². The predicted octanol–water partition coefficient (Wildman–Crippen LogP) is 7.48. The van der Waals surface area contributed by atoms with Crippen LogP contribution in [-0.2, 0) is 17.6 Å². The van der Waals surface area contributed by atoms with Gasteiger partial charge in [-0.1, -0.05) is 65.8 Å². The Morgan fingerprint density at radius 2 is 1.73 bits per heavy atom. The summed E-state index contributed by atoms with van der Waals surface area (Å²) in [5.74, 6) is -0.170. The quantitative estimate of drug-likeness (QED) is 0.256. The molecule has 0 spiro atoms. The number of nitrogens with zero attached hydrogens (tertiary/aromatic N) is 3. The van der Waals surface area contributed by atoms with Crippen LogP contribution in [0.2, 0.25) is 5.02 Å². The number of halogens is 1. The summed E-state index contributed by atoms with van der Waals surface area (Å²) in [5.41, 5.74) is 5.28. The zero-order chi connectivity index (χ0) is 25.8. The number of thiophene rings is 1. The standard InChI is InChI=1S/C29H21ClN4OS2/c30-20-12-10-18(11-13-20)22-14-25(19-6-2-1-3-7-19)33-28(24(22)16-32)36-17-27(35)34-29-23(15-31)21-8-4-5-9-26(21)37-29/h1-3,6-7,10-14H,4-5,8-9,17H2,(H,34,35). The van der Waals surface area contributed by atoms with Crippen LogP contribution < -0.4 is 5.32 Å². The number of carbonyl (C=O) groups excluding carboxylic acids is 1. The first-order valence-corrected chi connectivity index (χ1v) is 14.0. The Labute approximate surface area is 228 Å². The molecule has 0 fully saturated rings. The molecule has 0 bridgehead atoms. The maximum Gasteiger partial charge on any atom is 0.235 e. The summed E-state index contributed by atoms with van der Waals surface area (Å²) in [6.07, 6.45) is 4.01. The molecule has 0 saturated carbocycles. The first kappa shape index (κ1) is 25.0. The summed E-state index contributed by atoms with van der Waals surface area (Å²) < 4.78 is 0. The van der Waals surface area contributed by atoms with Gasteiger partial charge in [0.25, 0.3) is 0 Å². The van der Waals surface area contributed by atoms with E-state index in [0.717, 1.165) is 47.9 Å². The number of nitrogens with one attached hydrogen (secondary N) is 1. The van der Waals surface area contributed by atoms with Crippen LogP contribution in [0.5, 0.6) is 0 Å². The number of carbonyl (C=O) groups is 1. The van der Waals surface area contributed by atoms with Crippen LogP contribution in [0.1, 0.15) is 34.4 Å². The number of hydrogen-bond acceptors (Lipinski definition) is 6. The van der Waals surface area contributed by atoms with Crippen molar-refractivity contribution >= 4 is 45.6 Å². The highest BCUT2D eigenvalue weighted by molar-refractivity contribution is 8.00. The van der Waals surface area contributed by atoms with E-state index in [2.05, 4.69) is 17.5 Å². The molecule has 1 amide bonds. The molecule has 5 nitrogen and oxygen atoms in total. The van der Waals surface area contributed by atoms with Crippen molar-refractivity contribution in [3.05, 3.63) is 87.3 Å². The van der Waals surface area contributed by atoms with Crippen LogP contribution in [0.4, 0.5) is 5.00 Å². The third kappa shape index (κ3) is 5.40. The van der Waals surface area contributed by atoms with Gasteiger partial charge in [-0.05, 0) is 55.0 Å². The molecule has 0 radical (unpaired) electrons. The second kappa shape index (κ2) is 11.2. The average Bonchev–Trinajstić information content (AvgIpc) is 3.29. The van der Waals surface area contributed by atoms with Crippen molar-refractivity contribution in [2.24, 2.45) is 0 Å². The van der Waals surface area contributed by atoms with Crippen molar-refractivity contribution in [3.8, 4) is 34.5 Å². The van der Waals surface area contributed by atoms with E-state index < -0.39 is 0 Å². The van der Waals surface area contributed by atoms with Crippen molar-refractivity contribution < 1.29 is 4.79 Å². The molecule has 1 N–H and O–H groups in total. The molecule has 2 heterocycles. The molecule has 37 heavy (non-hydrogen) atoms. The average molecular weight is 541 g/mol. The monoisotopic (exact) mass is 540 g/mol. The molecule has 5 rings (SSSR count). The van der Waals surface area contributed by atoms with Crippen LogP contribution in [0.3, 0.4) is 0 Å². The molecule has 2 aromatic carbocycles. The van der Waals surface area contributed by atoms with Gasteiger partial charge in [0.05, 0.1) is 22.6 Å². The summed E-state index contributed by atoms with van der Waals surface area (Å²) >= 11 is 8.81. The van der Waals surface area contributed by atoms with Crippen molar-refractivity contribution in [2.75, 3.05) is 11.1 Å². The fourth-order valence-electron chi connectivity index (χ4n) is 4.42. The Kier molecular flexibility index (Phi) is 7.58. The van der Waals surface area contributed by atoms with Gasteiger partial charge in [0.2, 0.25) is 5.91 Å². The third-order valence-corrected chi connectivity index (χ3v) is 8.63. The van der Waals surface area contributed by atoms with Gasteiger partial charge < -0.3 is 5.32 Å². The van der Waals surface area contributed by atoms with E-state index in [1.807, 2.05) is 48.5 Å². The molecule has 1 aliphatic rings. The molecule has 0 unspecified atom stereocenters. The van der Waals surface area contributed by atoms with Gasteiger partial charge >= 0.3 is 0 Å². The highest BCUT2D eigenvalue weighted by Crippen LogP contribution is 2.38. The first-order valence-electron chi connectivity index (χ1n) is 11.8. The zero-order valence-electron chi connectivity index (χ0n) is 19.8. The van der Waals surface area contributed by atoms with Gasteiger partial charge in [-0.25, -0.2) is 4.98 Å². The highest BCUT2D eigenvalue weighted by atomic mass is 35.5. The number of fused-ring (bicyclic) bond motifs is 1. The number of pyridine rings is 1. The number of aryl methyl sites for hydroxylation is 1. The lowest BCUT2D eigenvalue weighted by Crippen LogP contribution is -2.14. The van der Waals surface area contributed by atoms with Crippen LogP contribution in [0.15, 0.2) is 65.7 Å². The van der Waals surface area contributed by atoms with Crippen LogP contribution in [-0.4, -0.2) is 16.6 Å². The van der Waals surface area contributed by atoms with Crippen LogP contribution in [0, 0.1) is 22.7 Å². The fraction of sp³-hybridized carbons (Fsp3) is 0.172. The molecule has 0 saturated heterocycles. The molecule has 8 heteroatoms. The molecule has 0 atom stereocenters. The smallest absolute Gasteiger partial charge is 0.235 e. The first-order chi connectivity index (χ1) is 18.1. The summed E-state index contributed by atoms with van der Waals surface area (Å²) in [4.78, 5) is 18.9. The summed E-state index contributed by atoms with van der Waals surface area (Å²) in [6.45, 7) is 0. The minimum atomic E-state index is -0.232. The number of benzene rings is 2. The van der Waals surface area contributed by atoms with Gasteiger partial charge in [0, 0.05) is 21.0 Å². The second-order valence-electron chi connectivity index (χ2n) is 8.58. The molecular formula is C29H21ClN4OS2. The van der Waals surface area contributed by atoms with Crippen molar-refractivity contribution in [1.82, 2.24) is 4.98 Å². The maximum absolute atomic E-state index is 13.0. The number of aromatic nitrogens is 1. The van der Waals surface area contributed by atoms with Crippen LogP contribution >= 0.6 is 34.7 Å². The Morgan fingerprint density at radius 3 is 2.46 bits per heavy atom. The molecule has 0 aliphatic heterocycles. The molecule has 1 aliphatic carbocycles. The lowest BCUT2D eigenvalue weighted by molar-refractivity contribution is -0.113. The Hall–Kier alpha value is -3.62. The summed E-state index contributed by atoms with van der Waals surface area (Å²) in [5, 5.41) is 24.4. The largest absolute Gasteiger partial charge is 0.316 e. The van der Waals surface area contributed by atoms with E-state index in [1.54, 1.807) is 12.1 Å². The minimum Gasteiger partial charge on any atom is -0.316 e. The van der Waals surface area contributed by atoms with Gasteiger partial charge in [-0.3, -0.25) is 4.79 Å². The number of hydrogen-bond donors (Lipinski definition) is 1. The van der Waals surface area contributed by atoms with Gasteiger partial charge in [-0.15, -0.1) is 11.3 Å². The Morgan fingerprint density at radius 1 is 1.00 bits per heavy atom. The van der Waals surface area contributed by atoms with Crippen molar-refractivity contribution in [1.29, 1.82) is 10.5 Å². The van der Waals surface area contributed by atoms with Gasteiger partial charge in [-0.2, -0.15) is 10.5 Å². The van der Waals surface area contributed by atoms with Crippen molar-refractivity contribution in [3.63, 3.8) is 0 Å². The lowest BCUT2D eigenvalue weighted by Gasteiger charge is -2.13. The van der Waals surface area contributed by atoms with Crippen LogP contribution in [0.25, 0.3) is 22.4 Å². The summed E-state index contributed by atoms with van der Waals surface area (Å²) in [6, 6.07) is 23.5. The minimum absolute atomic E-state index is 0.0629. The zero-order valence-corrected chi connectivity index (χ0v) is 22.1. The van der Waals surface area contributed by atoms with E-state index in [9.17, 15) is 15.3 Å². The number of thioether (sulfide) groups is 1. The van der Waals surface area contributed by atoms with E-state index in [0.29, 0.717) is 31.9 Å². The number of nitriles is 2. The molecular weight excluding hydrogens is 520 g/mol. The number of anilines is 1. The Bertz CT molecular complexity index is 1550. The second-order valence-corrected chi connectivity index (χ2v) is 11.1. The van der Waals surface area contributed by atoms with Crippen molar-refractivity contribution in [2.45, 2.75) is 30.7 Å². The Balaban J connectivity index is 1.45. The highest BCUT2D eigenvalue weighted by Gasteiger charge is 2.22. The van der Waals surface area contributed by atoms with Gasteiger partial charge in [0.1, 0.15) is 22.2 Å². The fourth-order valence-corrected chi connectivity index (χ4v) is 6.60. The van der Waals surface area contributed by atoms with E-state index >= 15 is 0 Å². The SMILES string of the molecule is N#Cc1c(-c2ccc(Cl)cc2)cc(-c2ccccc2)nc1SCC(=O)Nc1sc2c(c1C#N)CCCC2. The van der Waals surface area contributed by atoms with Gasteiger partial charge in [0.15, 0.2) is 0 Å². The lowest BCUT2D eigenvalue weighted by atomic mass is 9.96.